The number of pyridine rings is 1. The van der Waals surface area contributed by atoms with E-state index in [1.165, 1.54) is 12.1 Å². The lowest BCUT2D eigenvalue weighted by Crippen LogP contribution is -2.28. The van der Waals surface area contributed by atoms with Crippen molar-refractivity contribution in [3.63, 3.8) is 0 Å². The molecule has 4 aromatic rings. The highest BCUT2D eigenvalue weighted by molar-refractivity contribution is 7.22. The molecule has 0 saturated heterocycles. The molecular weight excluding hydrogens is 419 g/mol. The first-order chi connectivity index (χ1) is 15.0. The summed E-state index contributed by atoms with van der Waals surface area (Å²) in [5.74, 6) is -1.70. The number of carboxylic acids is 1. The molecule has 4 rings (SSSR count). The average Bonchev–Trinajstić information content (AvgIpc) is 3.19. The summed E-state index contributed by atoms with van der Waals surface area (Å²) in [6.07, 6.45) is 1.63. The molecule has 0 fully saturated rings. The van der Waals surface area contributed by atoms with E-state index in [-0.39, 0.29) is 21.8 Å². The molecule has 9 heteroatoms. The van der Waals surface area contributed by atoms with E-state index in [0.717, 1.165) is 11.3 Å². The number of hydrogen-bond donors (Lipinski definition) is 3. The van der Waals surface area contributed by atoms with E-state index in [4.69, 9.17) is 0 Å². The number of aromatic carboxylic acids is 1. The third kappa shape index (κ3) is 4.08. The fourth-order valence-electron chi connectivity index (χ4n) is 3.15. The van der Waals surface area contributed by atoms with Crippen LogP contribution >= 0.6 is 11.3 Å². The van der Waals surface area contributed by atoms with Gasteiger partial charge in [0.2, 0.25) is 0 Å². The van der Waals surface area contributed by atoms with Crippen molar-refractivity contribution in [2.45, 2.75) is 6.92 Å². The van der Waals surface area contributed by atoms with Crippen LogP contribution < -0.4 is 10.6 Å². The number of nitrogens with zero attached hydrogens (tertiary/aromatic N) is 2. The molecule has 2 amide bonds. The number of carbonyl (C=O) groups is 2. The minimum absolute atomic E-state index is 0.0493. The van der Waals surface area contributed by atoms with E-state index in [1.54, 1.807) is 43.5 Å². The molecule has 0 aliphatic rings. The summed E-state index contributed by atoms with van der Waals surface area (Å²) in [5.41, 5.74) is 1.98. The number of benzene rings is 2. The summed E-state index contributed by atoms with van der Waals surface area (Å²) in [6.45, 7) is 2.22. The molecule has 2 heterocycles. The summed E-state index contributed by atoms with van der Waals surface area (Å²) in [7, 11) is 0. The Kier molecular flexibility index (Phi) is 5.59. The fourth-order valence-corrected chi connectivity index (χ4v) is 4.13. The summed E-state index contributed by atoms with van der Waals surface area (Å²) in [5, 5.41) is 14.8. The van der Waals surface area contributed by atoms with Crippen LogP contribution in [0.1, 0.15) is 17.3 Å². The maximum Gasteiger partial charge on any atom is 0.335 e. The zero-order valence-electron chi connectivity index (χ0n) is 16.3. The molecule has 0 atom stereocenters. The van der Waals surface area contributed by atoms with Crippen LogP contribution in [-0.2, 0) is 0 Å². The predicted molar refractivity (Wildman–Crippen MR) is 118 cm³/mol. The van der Waals surface area contributed by atoms with Crippen molar-refractivity contribution in [3.8, 4) is 22.4 Å². The van der Waals surface area contributed by atoms with Gasteiger partial charge < -0.3 is 10.4 Å². The third-order valence-electron chi connectivity index (χ3n) is 4.52. The van der Waals surface area contributed by atoms with E-state index < -0.39 is 17.8 Å². The van der Waals surface area contributed by atoms with Gasteiger partial charge in [0.05, 0.1) is 16.0 Å². The van der Waals surface area contributed by atoms with Crippen LogP contribution in [0.15, 0.2) is 54.7 Å². The van der Waals surface area contributed by atoms with Gasteiger partial charge in [-0.1, -0.05) is 29.5 Å². The third-order valence-corrected chi connectivity index (χ3v) is 5.53. The van der Waals surface area contributed by atoms with E-state index in [0.29, 0.717) is 28.1 Å². The van der Waals surface area contributed by atoms with Crippen molar-refractivity contribution in [2.75, 3.05) is 11.9 Å². The maximum atomic E-state index is 15.5. The molecule has 156 valence electrons. The maximum absolute atomic E-state index is 15.5. The number of halogens is 1. The SMILES string of the molecule is CCNC(=O)Nc1nc2c(F)c(-c3cccc(C(=O)O)c3)cc(-c3ccccn3)c2s1. The van der Waals surface area contributed by atoms with Crippen molar-refractivity contribution in [1.82, 2.24) is 15.3 Å². The standard InChI is InChI=1S/C22H17FN4O3S/c1-2-24-21(30)27-22-26-18-17(23)14(12-6-5-7-13(10-12)20(28)29)11-15(19(18)31-22)16-8-3-4-9-25-16/h3-11H,2H2,1H3,(H,28,29)(H2,24,26,27,30). The Morgan fingerprint density at radius 1 is 1.13 bits per heavy atom. The highest BCUT2D eigenvalue weighted by Crippen LogP contribution is 2.40. The molecule has 3 N–H and O–H groups in total. The van der Waals surface area contributed by atoms with Gasteiger partial charge >= 0.3 is 12.0 Å². The second-order valence-corrected chi connectivity index (χ2v) is 7.57. The monoisotopic (exact) mass is 436 g/mol. The molecule has 2 aromatic heterocycles. The second-order valence-electron chi connectivity index (χ2n) is 6.57. The number of carbonyl (C=O) groups excluding carboxylic acids is 1. The quantitative estimate of drug-likeness (QED) is 0.408. The van der Waals surface area contributed by atoms with Crippen LogP contribution in [0.3, 0.4) is 0 Å². The number of fused-ring (bicyclic) bond motifs is 1. The topological polar surface area (TPSA) is 104 Å². The van der Waals surface area contributed by atoms with Crippen LogP contribution in [-0.4, -0.2) is 33.6 Å². The number of urea groups is 1. The Labute approximate surface area is 180 Å². The Bertz CT molecular complexity index is 1290. The number of amides is 2. The number of carboxylic acid groups (broad SMARTS) is 1. The van der Waals surface area contributed by atoms with Crippen LogP contribution in [0.4, 0.5) is 14.3 Å². The Morgan fingerprint density at radius 2 is 1.97 bits per heavy atom. The summed E-state index contributed by atoms with van der Waals surface area (Å²) >= 11 is 1.14. The molecule has 0 aliphatic carbocycles. The second kappa shape index (κ2) is 8.49. The number of anilines is 1. The van der Waals surface area contributed by atoms with Crippen molar-refractivity contribution in [2.24, 2.45) is 0 Å². The van der Waals surface area contributed by atoms with E-state index in [9.17, 15) is 14.7 Å². The van der Waals surface area contributed by atoms with Crippen molar-refractivity contribution >= 4 is 38.7 Å². The molecule has 0 spiro atoms. The van der Waals surface area contributed by atoms with Crippen LogP contribution in [0.5, 0.6) is 0 Å². The molecule has 2 aromatic carbocycles. The highest BCUT2D eigenvalue weighted by atomic mass is 32.1. The molecule has 0 bridgehead atoms. The van der Waals surface area contributed by atoms with E-state index >= 15 is 4.39 Å². The first-order valence-corrected chi connectivity index (χ1v) is 10.2. The van der Waals surface area contributed by atoms with Crippen molar-refractivity contribution in [3.05, 3.63) is 66.1 Å². The van der Waals surface area contributed by atoms with Gasteiger partial charge in [0.15, 0.2) is 10.9 Å². The number of rotatable bonds is 5. The number of nitrogens with one attached hydrogen (secondary N) is 2. The zero-order chi connectivity index (χ0) is 22.0. The van der Waals surface area contributed by atoms with Crippen LogP contribution in [0, 0.1) is 5.82 Å². The first kappa shape index (κ1) is 20.4. The van der Waals surface area contributed by atoms with Gasteiger partial charge in [-0.25, -0.2) is 19.0 Å². The minimum atomic E-state index is -1.10. The Hall–Kier alpha value is -3.85. The van der Waals surface area contributed by atoms with Crippen molar-refractivity contribution in [1.29, 1.82) is 0 Å². The van der Waals surface area contributed by atoms with E-state index in [2.05, 4.69) is 20.6 Å². The van der Waals surface area contributed by atoms with Crippen LogP contribution in [0.2, 0.25) is 0 Å². The van der Waals surface area contributed by atoms with Gasteiger partial charge in [-0.3, -0.25) is 10.3 Å². The summed E-state index contributed by atoms with van der Waals surface area (Å²) in [4.78, 5) is 31.9. The minimum Gasteiger partial charge on any atom is -0.478 e. The van der Waals surface area contributed by atoms with Gasteiger partial charge in [0, 0.05) is 23.9 Å². The number of thiazole rings is 1. The zero-order valence-corrected chi connectivity index (χ0v) is 17.2. The lowest BCUT2D eigenvalue weighted by atomic mass is 9.98. The Morgan fingerprint density at radius 3 is 2.68 bits per heavy atom. The lowest BCUT2D eigenvalue weighted by Gasteiger charge is -2.09. The average molecular weight is 436 g/mol. The van der Waals surface area contributed by atoms with E-state index in [1.807, 2.05) is 6.07 Å². The normalized spacial score (nSPS) is 10.8. The summed E-state index contributed by atoms with van der Waals surface area (Å²) in [6, 6.07) is 12.6. The number of aromatic nitrogens is 2. The molecule has 0 saturated carbocycles. The molecule has 7 nitrogen and oxygen atoms in total. The molecule has 0 unspecified atom stereocenters. The van der Waals surface area contributed by atoms with Gasteiger partial charge in [0.25, 0.3) is 0 Å². The lowest BCUT2D eigenvalue weighted by molar-refractivity contribution is 0.0697. The molecule has 0 radical (unpaired) electrons. The molecule has 0 aliphatic heterocycles. The molecular formula is C22H17FN4O3S. The van der Waals surface area contributed by atoms with Gasteiger partial charge in [0.1, 0.15) is 5.52 Å². The van der Waals surface area contributed by atoms with Gasteiger partial charge in [-0.05, 0) is 42.8 Å². The Balaban J connectivity index is 1.94. The highest BCUT2D eigenvalue weighted by Gasteiger charge is 2.21. The predicted octanol–water partition coefficient (Wildman–Crippen LogP) is 5.00. The van der Waals surface area contributed by atoms with Crippen LogP contribution in [0.25, 0.3) is 32.6 Å². The number of hydrogen-bond acceptors (Lipinski definition) is 5. The fraction of sp³-hybridized carbons (Fsp3) is 0.0909. The molecule has 31 heavy (non-hydrogen) atoms. The summed E-state index contributed by atoms with van der Waals surface area (Å²) < 4.78 is 16.1. The van der Waals surface area contributed by atoms with Crippen molar-refractivity contribution < 1.29 is 19.1 Å². The first-order valence-electron chi connectivity index (χ1n) is 9.41. The van der Waals surface area contributed by atoms with Gasteiger partial charge in [-0.2, -0.15) is 0 Å². The largest absolute Gasteiger partial charge is 0.478 e. The van der Waals surface area contributed by atoms with Gasteiger partial charge in [-0.15, -0.1) is 0 Å². The smallest absolute Gasteiger partial charge is 0.335 e.